The second kappa shape index (κ2) is 7.06. The molecule has 3 rings (SSSR count). The van der Waals surface area contributed by atoms with Gasteiger partial charge in [0.1, 0.15) is 17.3 Å². The van der Waals surface area contributed by atoms with Crippen molar-refractivity contribution in [1.82, 2.24) is 9.97 Å². The van der Waals surface area contributed by atoms with E-state index in [1.165, 1.54) is 12.4 Å². The standard InChI is InChI=1S/C16H13BrN4O2/c17-12-5-1-2-6-13(12)21-16(22)14-9-20-15(10-18-14)19-8-11-4-3-7-23-11/h1-7,9-10H,8H2,(H,19,20)(H,21,22). The van der Waals surface area contributed by atoms with Crippen LogP contribution in [0.5, 0.6) is 0 Å². The lowest BCUT2D eigenvalue weighted by atomic mass is 10.3. The number of hydrogen-bond acceptors (Lipinski definition) is 5. The van der Waals surface area contributed by atoms with E-state index in [1.807, 2.05) is 30.3 Å². The SMILES string of the molecule is O=C(Nc1ccccc1Br)c1cnc(NCc2ccco2)cn1. The van der Waals surface area contributed by atoms with E-state index < -0.39 is 0 Å². The third-order valence-electron chi connectivity index (χ3n) is 3.03. The van der Waals surface area contributed by atoms with Gasteiger partial charge in [0, 0.05) is 4.47 Å². The van der Waals surface area contributed by atoms with E-state index in [1.54, 1.807) is 12.3 Å². The van der Waals surface area contributed by atoms with Gasteiger partial charge in [0.15, 0.2) is 0 Å². The number of furan rings is 1. The molecule has 0 fully saturated rings. The molecule has 1 aromatic carbocycles. The lowest BCUT2D eigenvalue weighted by Gasteiger charge is -2.07. The lowest BCUT2D eigenvalue weighted by molar-refractivity contribution is 0.102. The Labute approximate surface area is 141 Å². The summed E-state index contributed by atoms with van der Waals surface area (Å²) >= 11 is 3.38. The molecule has 0 aliphatic heterocycles. The zero-order valence-corrected chi connectivity index (χ0v) is 13.6. The van der Waals surface area contributed by atoms with Crippen LogP contribution in [0.15, 0.2) is 63.9 Å². The van der Waals surface area contributed by atoms with E-state index >= 15 is 0 Å². The molecule has 0 aliphatic rings. The minimum Gasteiger partial charge on any atom is -0.467 e. The molecule has 7 heteroatoms. The van der Waals surface area contributed by atoms with Crippen molar-refractivity contribution in [3.05, 3.63) is 71.0 Å². The number of hydrogen-bond donors (Lipinski definition) is 2. The molecule has 2 N–H and O–H groups in total. The molecule has 0 atom stereocenters. The summed E-state index contributed by atoms with van der Waals surface area (Å²) in [6.45, 7) is 0.504. The van der Waals surface area contributed by atoms with Crippen molar-refractivity contribution < 1.29 is 9.21 Å². The first-order valence-electron chi connectivity index (χ1n) is 6.86. The maximum atomic E-state index is 12.2. The average molecular weight is 373 g/mol. The van der Waals surface area contributed by atoms with Gasteiger partial charge in [-0.25, -0.2) is 9.97 Å². The van der Waals surface area contributed by atoms with Gasteiger partial charge >= 0.3 is 0 Å². The van der Waals surface area contributed by atoms with Gasteiger partial charge in [0.25, 0.3) is 5.91 Å². The number of nitrogens with zero attached hydrogens (tertiary/aromatic N) is 2. The Morgan fingerprint density at radius 3 is 2.70 bits per heavy atom. The third kappa shape index (κ3) is 3.95. The third-order valence-corrected chi connectivity index (χ3v) is 3.72. The number of anilines is 2. The van der Waals surface area contributed by atoms with Crippen LogP contribution in [0.4, 0.5) is 11.5 Å². The number of nitrogens with one attached hydrogen (secondary N) is 2. The van der Waals surface area contributed by atoms with Crippen LogP contribution < -0.4 is 10.6 Å². The largest absolute Gasteiger partial charge is 0.467 e. The van der Waals surface area contributed by atoms with Crippen molar-refractivity contribution in [1.29, 1.82) is 0 Å². The van der Waals surface area contributed by atoms with Crippen LogP contribution in [0, 0.1) is 0 Å². The molecule has 0 saturated carbocycles. The van der Waals surface area contributed by atoms with Crippen LogP contribution in [-0.4, -0.2) is 15.9 Å². The van der Waals surface area contributed by atoms with E-state index in [2.05, 4.69) is 36.5 Å². The summed E-state index contributed by atoms with van der Waals surface area (Å²) in [5, 5.41) is 5.84. The van der Waals surface area contributed by atoms with Gasteiger partial charge in [-0.15, -0.1) is 0 Å². The van der Waals surface area contributed by atoms with E-state index in [-0.39, 0.29) is 11.6 Å². The van der Waals surface area contributed by atoms with E-state index in [4.69, 9.17) is 4.42 Å². The predicted octanol–water partition coefficient (Wildman–Crippen LogP) is 3.70. The van der Waals surface area contributed by atoms with Gasteiger partial charge in [0.2, 0.25) is 0 Å². The second-order valence-corrected chi connectivity index (χ2v) is 5.51. The fourth-order valence-electron chi connectivity index (χ4n) is 1.88. The van der Waals surface area contributed by atoms with Crippen molar-refractivity contribution in [3.63, 3.8) is 0 Å². The molecular formula is C16H13BrN4O2. The zero-order chi connectivity index (χ0) is 16.1. The molecule has 3 aromatic rings. The molecule has 2 aromatic heterocycles. The van der Waals surface area contributed by atoms with Gasteiger partial charge < -0.3 is 15.1 Å². The van der Waals surface area contributed by atoms with Crippen molar-refractivity contribution in [2.24, 2.45) is 0 Å². The Morgan fingerprint density at radius 1 is 1.13 bits per heavy atom. The summed E-state index contributed by atoms with van der Waals surface area (Å²) in [6, 6.07) is 11.0. The number of carbonyl (C=O) groups is 1. The monoisotopic (exact) mass is 372 g/mol. The summed E-state index contributed by atoms with van der Waals surface area (Å²) in [6.07, 6.45) is 4.55. The predicted molar refractivity (Wildman–Crippen MR) is 90.2 cm³/mol. The molecule has 0 radical (unpaired) electrons. The van der Waals surface area contributed by atoms with E-state index in [9.17, 15) is 4.79 Å². The molecule has 0 aliphatic carbocycles. The van der Waals surface area contributed by atoms with E-state index in [0.29, 0.717) is 18.1 Å². The Balaban J connectivity index is 1.62. The second-order valence-electron chi connectivity index (χ2n) is 4.65. The zero-order valence-electron chi connectivity index (χ0n) is 12.0. The Hall–Kier alpha value is -2.67. The molecular weight excluding hydrogens is 360 g/mol. The van der Waals surface area contributed by atoms with Crippen LogP contribution >= 0.6 is 15.9 Å². The van der Waals surface area contributed by atoms with Crippen LogP contribution in [0.25, 0.3) is 0 Å². The molecule has 1 amide bonds. The van der Waals surface area contributed by atoms with Crippen molar-refractivity contribution in [2.75, 3.05) is 10.6 Å². The number of aromatic nitrogens is 2. The Morgan fingerprint density at radius 2 is 2.00 bits per heavy atom. The summed E-state index contributed by atoms with van der Waals surface area (Å²) < 4.78 is 6.02. The summed E-state index contributed by atoms with van der Waals surface area (Å²) in [5.74, 6) is 1.04. The highest BCUT2D eigenvalue weighted by Crippen LogP contribution is 2.21. The Kier molecular flexibility index (Phi) is 4.68. The average Bonchev–Trinajstić information content (AvgIpc) is 3.09. The topological polar surface area (TPSA) is 80.0 Å². The van der Waals surface area contributed by atoms with E-state index in [0.717, 1.165) is 10.2 Å². The molecule has 116 valence electrons. The number of halogens is 1. The number of rotatable bonds is 5. The maximum Gasteiger partial charge on any atom is 0.275 e. The van der Waals surface area contributed by atoms with Gasteiger partial charge in [-0.1, -0.05) is 12.1 Å². The van der Waals surface area contributed by atoms with Gasteiger partial charge in [0.05, 0.1) is 30.9 Å². The maximum absolute atomic E-state index is 12.2. The lowest BCUT2D eigenvalue weighted by Crippen LogP contribution is -2.14. The number of amides is 1. The van der Waals surface area contributed by atoms with Crippen molar-refractivity contribution in [2.45, 2.75) is 6.54 Å². The van der Waals surface area contributed by atoms with Crippen LogP contribution in [0.2, 0.25) is 0 Å². The Bertz CT molecular complexity index is 788. The summed E-state index contributed by atoms with van der Waals surface area (Å²) in [7, 11) is 0. The smallest absolute Gasteiger partial charge is 0.275 e. The van der Waals surface area contributed by atoms with Crippen LogP contribution in [0.3, 0.4) is 0 Å². The number of para-hydroxylation sites is 1. The van der Waals surface area contributed by atoms with Gasteiger partial charge in [-0.3, -0.25) is 4.79 Å². The fourth-order valence-corrected chi connectivity index (χ4v) is 2.26. The molecule has 0 unspecified atom stereocenters. The van der Waals surface area contributed by atoms with Gasteiger partial charge in [-0.05, 0) is 40.2 Å². The molecule has 0 spiro atoms. The van der Waals surface area contributed by atoms with Crippen LogP contribution in [0.1, 0.15) is 16.2 Å². The van der Waals surface area contributed by atoms with Crippen molar-refractivity contribution >= 4 is 33.3 Å². The van der Waals surface area contributed by atoms with Crippen molar-refractivity contribution in [3.8, 4) is 0 Å². The first-order chi connectivity index (χ1) is 11.2. The molecule has 2 heterocycles. The fraction of sp³-hybridized carbons (Fsp3) is 0.0625. The first kappa shape index (κ1) is 15.2. The number of benzene rings is 1. The highest BCUT2D eigenvalue weighted by molar-refractivity contribution is 9.10. The molecule has 0 saturated heterocycles. The quantitative estimate of drug-likeness (QED) is 0.713. The molecule has 0 bridgehead atoms. The minimum absolute atomic E-state index is 0.240. The normalized spacial score (nSPS) is 10.3. The summed E-state index contributed by atoms with van der Waals surface area (Å²) in [5.41, 5.74) is 0.920. The highest BCUT2D eigenvalue weighted by atomic mass is 79.9. The number of carbonyl (C=O) groups excluding carboxylic acids is 1. The molecule has 23 heavy (non-hydrogen) atoms. The van der Waals surface area contributed by atoms with Gasteiger partial charge in [-0.2, -0.15) is 0 Å². The first-order valence-corrected chi connectivity index (χ1v) is 7.66. The minimum atomic E-state index is -0.318. The summed E-state index contributed by atoms with van der Waals surface area (Å²) in [4.78, 5) is 20.4. The van der Waals surface area contributed by atoms with Crippen LogP contribution in [-0.2, 0) is 6.54 Å². The molecule has 6 nitrogen and oxygen atoms in total. The highest BCUT2D eigenvalue weighted by Gasteiger charge is 2.10.